The third kappa shape index (κ3) is 17.6. The number of aromatic nitrogens is 7. The SMILES string of the molecule is C.C.C.COC(=O)N[C@@H](C(=O)N1CC2(CC2)C[C@H]1c1ncc(-c2ccc3c(c2)C(F)(F)c2cc(-c4ccc5nc([C@@H]6[C@H]7CC[C@H](C7)N6C(=O)[C@H](NC(=O)OC)C(C)C)[nH]c5c4)ccc2-3)[nH]1)C(C)C.COC(=O)N[C@@H](C(=O)N1[C@@H]2CC[C@@H](C2)[C@H]1c1nc2ccc(-c3ccc4c(c3)C(F)(F)c3cc(-c5ccc([C@H]6CCC7(CC7)C6)[nH]5)ccc3-4)cc2[nH]1)C(C)C.COC(=O)N[C@@H](C(=O)O)C(C)C. The van der Waals surface area contributed by atoms with Crippen molar-refractivity contribution < 1.29 is 80.0 Å². The number of alkyl halides is 4. The van der Waals surface area contributed by atoms with Crippen molar-refractivity contribution in [3.05, 3.63) is 173 Å². The van der Waals surface area contributed by atoms with Crippen molar-refractivity contribution in [2.75, 3.05) is 35.0 Å². The summed E-state index contributed by atoms with van der Waals surface area (Å²) in [5.41, 5.74) is 12.4. The number of likely N-dealkylation sites (tertiary alicyclic amines) is 3. The van der Waals surface area contributed by atoms with Crippen molar-refractivity contribution in [1.82, 2.24) is 70.9 Å². The lowest BCUT2D eigenvalue weighted by atomic mass is 9.95. The van der Waals surface area contributed by atoms with E-state index in [4.69, 9.17) is 34.3 Å². The highest BCUT2D eigenvalue weighted by Gasteiger charge is 2.58. The van der Waals surface area contributed by atoms with Crippen LogP contribution >= 0.6 is 0 Å². The molecular formula is C103H124F4N14O13. The topological polar surface area (TPSA) is 353 Å². The van der Waals surface area contributed by atoms with E-state index in [1.807, 2.05) is 130 Å². The largest absolute Gasteiger partial charge is 0.480 e. The Bertz CT molecular complexity index is 6180. The van der Waals surface area contributed by atoms with Gasteiger partial charge in [0.25, 0.3) is 11.8 Å². The number of alkyl carbamates (subject to hydrolysis) is 4. The predicted octanol–water partition coefficient (Wildman–Crippen LogP) is 20.8. The number of fused-ring (bicyclic) bond motifs is 12. The molecule has 9 N–H and O–H groups in total. The van der Waals surface area contributed by atoms with Gasteiger partial charge in [-0.05, 0) is 253 Å². The summed E-state index contributed by atoms with van der Waals surface area (Å²) in [7, 11) is 5.02. The van der Waals surface area contributed by atoms with Gasteiger partial charge in [-0.1, -0.05) is 138 Å². The van der Waals surface area contributed by atoms with Crippen LogP contribution in [0.5, 0.6) is 0 Å². The van der Waals surface area contributed by atoms with E-state index in [2.05, 4.69) is 52.0 Å². The molecule has 7 aliphatic carbocycles. The Morgan fingerprint density at radius 1 is 0.425 bits per heavy atom. The number of benzene rings is 6. The van der Waals surface area contributed by atoms with Crippen LogP contribution in [0.25, 0.3) is 89.1 Å². The van der Waals surface area contributed by atoms with Crippen LogP contribution in [0.15, 0.2) is 128 Å². The van der Waals surface area contributed by atoms with E-state index in [0.29, 0.717) is 85.5 Å². The normalized spacial score (nSPS) is 22.2. The first-order chi connectivity index (χ1) is 62.6. The van der Waals surface area contributed by atoms with Crippen LogP contribution in [-0.2, 0) is 50.0 Å². The number of hydrogen-bond donors (Lipinski definition) is 9. The number of carbonyl (C=O) groups is 8. The molecule has 20 rings (SSSR count). The number of amides is 7. The summed E-state index contributed by atoms with van der Waals surface area (Å²) in [4.78, 5) is 134. The number of methoxy groups -OCH3 is 4. The molecule has 5 saturated carbocycles. The number of rotatable bonds is 20. The molecule has 3 aliphatic heterocycles. The van der Waals surface area contributed by atoms with Gasteiger partial charge >= 0.3 is 30.3 Å². The van der Waals surface area contributed by atoms with E-state index in [9.17, 15) is 38.4 Å². The van der Waals surface area contributed by atoms with Crippen molar-refractivity contribution in [2.24, 2.45) is 46.3 Å². The first kappa shape index (κ1) is 96.0. The van der Waals surface area contributed by atoms with Crippen LogP contribution in [0.4, 0.5) is 36.7 Å². The number of nitrogens with one attached hydrogen (secondary N) is 8. The molecule has 27 nitrogen and oxygen atoms in total. The first-order valence-corrected chi connectivity index (χ1v) is 45.7. The Labute approximate surface area is 778 Å². The van der Waals surface area contributed by atoms with Gasteiger partial charge in [0.1, 0.15) is 41.6 Å². The van der Waals surface area contributed by atoms with Crippen LogP contribution in [0.3, 0.4) is 0 Å². The van der Waals surface area contributed by atoms with Gasteiger partial charge in [0.2, 0.25) is 17.7 Å². The van der Waals surface area contributed by atoms with Gasteiger partial charge in [-0.3, -0.25) is 14.4 Å². The average molecular weight is 1840 g/mol. The Hall–Kier alpha value is -12.6. The molecule has 0 radical (unpaired) electrons. The highest BCUT2D eigenvalue weighted by Crippen LogP contribution is 2.63. The number of ether oxygens (including phenoxy) is 4. The van der Waals surface area contributed by atoms with Crippen LogP contribution in [-0.4, -0.2) is 174 Å². The van der Waals surface area contributed by atoms with Crippen molar-refractivity contribution in [1.29, 1.82) is 0 Å². The van der Waals surface area contributed by atoms with Gasteiger partial charge in [-0.25, -0.2) is 38.9 Å². The van der Waals surface area contributed by atoms with Crippen molar-refractivity contribution in [3.63, 3.8) is 0 Å². The highest BCUT2D eigenvalue weighted by molar-refractivity contribution is 5.93. The summed E-state index contributed by atoms with van der Waals surface area (Å²) in [5.74, 6) is -5.67. The lowest BCUT2D eigenvalue weighted by Gasteiger charge is -2.37. The molecule has 4 aromatic heterocycles. The average Bonchev–Trinajstić information content (AvgIpc) is 1.57. The van der Waals surface area contributed by atoms with Crippen LogP contribution in [0.1, 0.15) is 237 Å². The number of aromatic amines is 4. The van der Waals surface area contributed by atoms with Gasteiger partial charge in [0.05, 0.1) is 80.5 Å². The minimum absolute atomic E-state index is 0. The van der Waals surface area contributed by atoms with E-state index < -0.39 is 66.4 Å². The zero-order valence-corrected chi connectivity index (χ0v) is 75.5. The molecule has 0 unspecified atom stereocenters. The number of H-pyrrole nitrogens is 4. The number of halogens is 4. The molecule has 8 fully saturated rings. The van der Waals surface area contributed by atoms with Crippen molar-refractivity contribution in [3.8, 4) is 67.0 Å². The Morgan fingerprint density at radius 3 is 1.22 bits per heavy atom. The maximum Gasteiger partial charge on any atom is 0.407 e. The Balaban J connectivity index is 0.000000180. The zero-order valence-electron chi connectivity index (χ0n) is 75.5. The third-order valence-corrected chi connectivity index (χ3v) is 29.6. The minimum atomic E-state index is -3.29. The van der Waals surface area contributed by atoms with E-state index in [1.165, 1.54) is 72.3 Å². The number of aliphatic carboxylic acids is 1. The second-order valence-electron chi connectivity index (χ2n) is 39.1. The minimum Gasteiger partial charge on any atom is -0.480 e. The van der Waals surface area contributed by atoms with E-state index >= 15 is 17.6 Å². The summed E-state index contributed by atoms with van der Waals surface area (Å²) in [6.07, 6.45) is 13.6. The summed E-state index contributed by atoms with van der Waals surface area (Å²) in [6.45, 7) is 15.3. The fourth-order valence-electron chi connectivity index (χ4n) is 22.1. The zero-order chi connectivity index (χ0) is 92.5. The molecular weight excluding hydrogens is 1720 g/mol. The molecule has 7 heterocycles. The highest BCUT2D eigenvalue weighted by atomic mass is 19.3. The molecule has 10 aliphatic rings. The number of nitrogens with zero attached hydrogens (tertiary/aromatic N) is 6. The molecule has 134 heavy (non-hydrogen) atoms. The molecule has 6 aromatic carbocycles. The molecule has 712 valence electrons. The van der Waals surface area contributed by atoms with Crippen molar-refractivity contribution >= 4 is 70.1 Å². The molecule has 7 amide bonds. The number of carboxylic acid groups (broad SMARTS) is 1. The Morgan fingerprint density at radius 2 is 0.813 bits per heavy atom. The molecule has 12 atom stereocenters. The van der Waals surface area contributed by atoms with Gasteiger partial charge in [-0.2, -0.15) is 17.6 Å². The van der Waals surface area contributed by atoms with Gasteiger partial charge < -0.3 is 80.0 Å². The van der Waals surface area contributed by atoms with Gasteiger partial charge in [-0.15, -0.1) is 0 Å². The monoisotopic (exact) mass is 1840 g/mol. The second-order valence-corrected chi connectivity index (χ2v) is 39.1. The fraction of sp³-hybridized carbons (Fsp3) is 0.485. The van der Waals surface area contributed by atoms with Crippen LogP contribution < -0.4 is 21.3 Å². The van der Waals surface area contributed by atoms with Crippen molar-refractivity contribution in [2.45, 2.75) is 240 Å². The van der Waals surface area contributed by atoms with Gasteiger partial charge in [0.15, 0.2) is 0 Å². The summed E-state index contributed by atoms with van der Waals surface area (Å²) in [5, 5.41) is 19.0. The quantitative estimate of drug-likeness (QED) is 0.0253. The predicted molar refractivity (Wildman–Crippen MR) is 502 cm³/mol. The molecule has 4 bridgehead atoms. The second kappa shape index (κ2) is 37.0. The third-order valence-electron chi connectivity index (χ3n) is 29.6. The van der Waals surface area contributed by atoms with Crippen LogP contribution in [0, 0.1) is 46.3 Å². The number of hydrogen-bond acceptors (Lipinski definition) is 15. The van der Waals surface area contributed by atoms with Crippen LogP contribution in [0.2, 0.25) is 0 Å². The molecule has 3 saturated heterocycles. The number of piperidine rings is 2. The lowest BCUT2D eigenvalue weighted by Crippen LogP contribution is -2.54. The lowest BCUT2D eigenvalue weighted by molar-refractivity contribution is -0.141. The summed E-state index contributed by atoms with van der Waals surface area (Å²) < 4.78 is 84.8. The van der Waals surface area contributed by atoms with E-state index in [1.54, 1.807) is 55.3 Å². The smallest absolute Gasteiger partial charge is 0.407 e. The maximum absolute atomic E-state index is 16.7. The summed E-state index contributed by atoms with van der Waals surface area (Å²) in [6, 6.07) is 32.8. The standard InChI is InChI=1S/C49H54F2N8O6.C44H45F2N5O3.C7H13NO4.3CH4/c1-24(2)39(56-46(62)64-5)44(60)58-23-48(15-16-48)21-38(58)42-52-22-37(55-42)28-9-13-32-31-12-8-26(18-33(31)49(50,51)34(32)19-28)27-10-14-35-36(20-27)54-43(53-35)41-29-7-11-30(17-29)59(41)45(61)40(25(3)4)57-47(63)65-6;1-23(2)38(50-42(53)54-3)41(52)51-29-8-4-27(18-29)39(51)40-48-36-11-7-25(21-37(36)49-40)24-5-9-30-31-10-6-26(20-33(31)44(45,46)32(30)19-24)34-12-13-35(47-34)28-14-15-43(22-28)16-17-43;1-4(2)5(6(9)10)8-7(11)12-3;;;/h8-10,12-14,18-20,22,24-25,29-30,38-41H,7,11,15-17,21,23H2,1-6H3,(H,52,55)(H,53,54)(H,56,62)(H,57,63);5-7,9-13,19-21,23,27-29,38-39,47H,4,8,14-18,22H2,1-3H3,(H,48,49)(H,50,53);4-5H,1-3H3,(H,8,11)(H,9,10);3*1H4/t29-,30+,38-,39+,40+,41-;27-,28-,29+,38+,39-;5-;;;/m001.../s1. The first-order valence-electron chi connectivity index (χ1n) is 45.7. The number of imidazole rings is 3. The maximum atomic E-state index is 16.7. The van der Waals surface area contributed by atoms with E-state index in [0.717, 1.165) is 96.7 Å². The molecule has 31 heteroatoms. The summed E-state index contributed by atoms with van der Waals surface area (Å²) >= 11 is 0. The number of carboxylic acids is 1. The molecule has 2 spiro atoms. The van der Waals surface area contributed by atoms with E-state index in [-0.39, 0.29) is 133 Å². The van der Waals surface area contributed by atoms with Gasteiger partial charge in [0, 0.05) is 57.8 Å². The Kier molecular flexibility index (Phi) is 26.5. The molecule has 10 aromatic rings. The fourth-order valence-corrected chi connectivity index (χ4v) is 22.1. The number of carbonyl (C=O) groups excluding carboxylic acids is 7.